The second-order valence-electron chi connectivity index (χ2n) is 4.67. The molecular formula is C16H14O5. The molecule has 0 spiro atoms. The minimum atomic E-state index is -1.62. The fraction of sp³-hybridized carbons (Fsp3) is 0.125. The van der Waals surface area contributed by atoms with E-state index in [-0.39, 0.29) is 0 Å². The summed E-state index contributed by atoms with van der Waals surface area (Å²) < 4.78 is 5.05. The molecule has 0 saturated carbocycles. The normalized spacial score (nSPS) is 11.4. The van der Waals surface area contributed by atoms with Gasteiger partial charge in [0.15, 0.2) is 0 Å². The summed E-state index contributed by atoms with van der Waals surface area (Å²) in [5, 5.41) is 18.4. The number of aliphatic hydroxyl groups excluding tert-OH is 1. The summed E-state index contributed by atoms with van der Waals surface area (Å²) in [6.07, 6.45) is 3.92. The number of rotatable bonds is 5. The predicted molar refractivity (Wildman–Crippen MR) is 75.9 cm³/mol. The van der Waals surface area contributed by atoms with Crippen LogP contribution in [0.15, 0.2) is 47.3 Å². The molecule has 108 valence electrons. The van der Waals surface area contributed by atoms with Gasteiger partial charge in [0.25, 0.3) is 5.78 Å². The highest BCUT2D eigenvalue weighted by atomic mass is 16.4. The molecule has 5 heteroatoms. The lowest BCUT2D eigenvalue weighted by Crippen LogP contribution is -2.09. The number of aliphatic hydroxyl groups is 1. The summed E-state index contributed by atoms with van der Waals surface area (Å²) >= 11 is 0. The minimum absolute atomic E-state index is 0.310. The predicted octanol–water partition coefficient (Wildman–Crippen LogP) is 2.73. The first-order valence-electron chi connectivity index (χ1n) is 6.26. The van der Waals surface area contributed by atoms with Gasteiger partial charge in [-0.05, 0) is 12.5 Å². The Balaban J connectivity index is 2.24. The van der Waals surface area contributed by atoms with Gasteiger partial charge in [0, 0.05) is 18.1 Å². The Morgan fingerprint density at radius 3 is 2.43 bits per heavy atom. The zero-order chi connectivity index (χ0) is 15.4. The molecule has 0 fully saturated rings. The molecule has 0 saturated heterocycles. The standard InChI is InChI=1S/C16H14O5/c1-10-2-4-11(5-3-10)6-12-8-21-9-13(12)14(17)7-15(18)16(19)20/h2-5,7-9,17H,6H2,1H3,(H,19,20). The third-order valence-corrected chi connectivity index (χ3v) is 3.01. The Morgan fingerprint density at radius 1 is 1.14 bits per heavy atom. The number of benzene rings is 1. The van der Waals surface area contributed by atoms with Crippen LogP contribution in [0.25, 0.3) is 5.76 Å². The molecule has 0 amide bonds. The summed E-state index contributed by atoms with van der Waals surface area (Å²) in [5.74, 6) is -3.22. The van der Waals surface area contributed by atoms with Gasteiger partial charge in [-0.3, -0.25) is 4.79 Å². The number of carbonyl (C=O) groups is 2. The van der Waals surface area contributed by atoms with E-state index in [1.165, 1.54) is 12.5 Å². The second-order valence-corrected chi connectivity index (χ2v) is 4.67. The summed E-state index contributed by atoms with van der Waals surface area (Å²) in [6, 6.07) is 7.85. The topological polar surface area (TPSA) is 87.7 Å². The zero-order valence-electron chi connectivity index (χ0n) is 11.4. The highest BCUT2D eigenvalue weighted by Gasteiger charge is 2.15. The molecule has 0 radical (unpaired) electrons. The number of hydrogen-bond acceptors (Lipinski definition) is 4. The van der Waals surface area contributed by atoms with Crippen LogP contribution in [0.3, 0.4) is 0 Å². The van der Waals surface area contributed by atoms with Crippen LogP contribution in [0.5, 0.6) is 0 Å². The Morgan fingerprint density at radius 2 is 1.81 bits per heavy atom. The minimum Gasteiger partial charge on any atom is -0.507 e. The molecule has 0 bridgehead atoms. The van der Waals surface area contributed by atoms with E-state index in [1.807, 2.05) is 31.2 Å². The maximum absolute atomic E-state index is 11.1. The monoisotopic (exact) mass is 286 g/mol. The largest absolute Gasteiger partial charge is 0.507 e. The lowest BCUT2D eigenvalue weighted by atomic mass is 10.0. The van der Waals surface area contributed by atoms with Gasteiger partial charge in [-0.25, -0.2) is 4.79 Å². The summed E-state index contributed by atoms with van der Waals surface area (Å²) in [7, 11) is 0. The molecule has 0 unspecified atom stereocenters. The molecule has 1 aromatic carbocycles. The van der Waals surface area contributed by atoms with Gasteiger partial charge >= 0.3 is 5.97 Å². The number of aryl methyl sites for hydroxylation is 1. The smallest absolute Gasteiger partial charge is 0.376 e. The highest BCUT2D eigenvalue weighted by molar-refractivity contribution is 6.38. The number of carbonyl (C=O) groups excluding carboxylic acids is 1. The molecule has 5 nitrogen and oxygen atoms in total. The van der Waals surface area contributed by atoms with Crippen LogP contribution in [0.4, 0.5) is 0 Å². The fourth-order valence-electron chi connectivity index (χ4n) is 1.87. The molecule has 0 atom stereocenters. The Labute approximate surface area is 121 Å². The molecule has 1 aromatic heterocycles. The van der Waals surface area contributed by atoms with E-state index in [4.69, 9.17) is 9.52 Å². The summed E-state index contributed by atoms with van der Waals surface area (Å²) in [5.41, 5.74) is 3.14. The van der Waals surface area contributed by atoms with Gasteiger partial charge in [0.1, 0.15) is 12.0 Å². The SMILES string of the molecule is Cc1ccc(Cc2cocc2C(O)=CC(=O)C(=O)O)cc1. The molecular weight excluding hydrogens is 272 g/mol. The van der Waals surface area contributed by atoms with Crippen molar-refractivity contribution >= 4 is 17.5 Å². The van der Waals surface area contributed by atoms with Crippen molar-refractivity contribution in [3.8, 4) is 0 Å². The molecule has 2 N–H and O–H groups in total. The molecule has 0 aliphatic heterocycles. The highest BCUT2D eigenvalue weighted by Crippen LogP contribution is 2.21. The third kappa shape index (κ3) is 3.60. The molecule has 2 aromatic rings. The van der Waals surface area contributed by atoms with Crippen LogP contribution in [0.2, 0.25) is 0 Å². The lowest BCUT2D eigenvalue weighted by molar-refractivity contribution is -0.146. The number of carboxylic acids is 1. The van der Waals surface area contributed by atoms with E-state index < -0.39 is 17.5 Å². The summed E-state index contributed by atoms with van der Waals surface area (Å²) in [6.45, 7) is 1.99. The van der Waals surface area contributed by atoms with Crippen molar-refractivity contribution in [2.24, 2.45) is 0 Å². The first-order valence-corrected chi connectivity index (χ1v) is 6.26. The van der Waals surface area contributed by atoms with Gasteiger partial charge in [-0.2, -0.15) is 0 Å². The third-order valence-electron chi connectivity index (χ3n) is 3.01. The first-order chi connectivity index (χ1) is 9.97. The zero-order valence-corrected chi connectivity index (χ0v) is 11.4. The van der Waals surface area contributed by atoms with Crippen molar-refractivity contribution in [2.45, 2.75) is 13.3 Å². The van der Waals surface area contributed by atoms with E-state index in [9.17, 15) is 14.7 Å². The van der Waals surface area contributed by atoms with Gasteiger partial charge < -0.3 is 14.6 Å². The van der Waals surface area contributed by atoms with Gasteiger partial charge in [-0.15, -0.1) is 0 Å². The van der Waals surface area contributed by atoms with E-state index in [2.05, 4.69) is 0 Å². The van der Waals surface area contributed by atoms with Crippen molar-refractivity contribution in [2.75, 3.05) is 0 Å². The molecule has 1 heterocycles. The summed E-state index contributed by atoms with van der Waals surface area (Å²) in [4.78, 5) is 21.6. The maximum Gasteiger partial charge on any atom is 0.376 e. The van der Waals surface area contributed by atoms with Crippen LogP contribution in [0, 0.1) is 6.92 Å². The first kappa shape index (κ1) is 14.6. The van der Waals surface area contributed by atoms with Crippen LogP contribution in [-0.2, 0) is 16.0 Å². The Kier molecular flexibility index (Phi) is 4.23. The van der Waals surface area contributed by atoms with Crippen LogP contribution >= 0.6 is 0 Å². The van der Waals surface area contributed by atoms with Gasteiger partial charge in [0.2, 0.25) is 0 Å². The Bertz CT molecular complexity index is 692. The van der Waals surface area contributed by atoms with Gasteiger partial charge in [-0.1, -0.05) is 29.8 Å². The van der Waals surface area contributed by atoms with Crippen LogP contribution in [-0.4, -0.2) is 22.0 Å². The van der Waals surface area contributed by atoms with Crippen LogP contribution < -0.4 is 0 Å². The molecule has 2 rings (SSSR count). The van der Waals surface area contributed by atoms with E-state index in [1.54, 1.807) is 0 Å². The number of furan rings is 1. The average molecular weight is 286 g/mol. The quantitative estimate of drug-likeness (QED) is 0.501. The molecule has 0 aliphatic carbocycles. The van der Waals surface area contributed by atoms with Crippen molar-refractivity contribution in [3.63, 3.8) is 0 Å². The number of ketones is 1. The van der Waals surface area contributed by atoms with Gasteiger partial charge in [0.05, 0.1) is 11.8 Å². The second kappa shape index (κ2) is 6.09. The average Bonchev–Trinajstić information content (AvgIpc) is 2.89. The van der Waals surface area contributed by atoms with Crippen molar-refractivity contribution in [1.29, 1.82) is 0 Å². The van der Waals surface area contributed by atoms with Crippen molar-refractivity contribution < 1.29 is 24.2 Å². The van der Waals surface area contributed by atoms with E-state index >= 15 is 0 Å². The number of hydrogen-bond donors (Lipinski definition) is 2. The van der Waals surface area contributed by atoms with Crippen LogP contribution in [0.1, 0.15) is 22.3 Å². The number of carboxylic acid groups (broad SMARTS) is 1. The lowest BCUT2D eigenvalue weighted by Gasteiger charge is -2.03. The number of aliphatic carboxylic acids is 1. The molecule has 21 heavy (non-hydrogen) atoms. The van der Waals surface area contributed by atoms with E-state index in [0.29, 0.717) is 23.6 Å². The maximum atomic E-state index is 11.1. The van der Waals surface area contributed by atoms with Crippen molar-refractivity contribution in [1.82, 2.24) is 0 Å². The molecule has 0 aliphatic rings. The fourth-order valence-corrected chi connectivity index (χ4v) is 1.87. The Hall–Kier alpha value is -2.82. The van der Waals surface area contributed by atoms with E-state index in [0.717, 1.165) is 11.1 Å². The van der Waals surface area contributed by atoms with Crippen molar-refractivity contribution in [3.05, 3.63) is 65.1 Å².